The van der Waals surface area contributed by atoms with Crippen molar-refractivity contribution in [3.05, 3.63) is 11.6 Å². The van der Waals surface area contributed by atoms with E-state index in [0.29, 0.717) is 30.1 Å². The Morgan fingerprint density at radius 2 is 1.74 bits per heavy atom. The fourth-order valence-corrected chi connectivity index (χ4v) is 10.1. The van der Waals surface area contributed by atoms with Gasteiger partial charge in [0.25, 0.3) is 0 Å². The number of aliphatic hydroxyl groups excluding tert-OH is 1. The summed E-state index contributed by atoms with van der Waals surface area (Å²) in [4.78, 5) is 13.0. The number of carbonyl (C=O) groups excluding carboxylic acids is 1. The number of ether oxygens (including phenoxy) is 1. The molecule has 0 radical (unpaired) electrons. The number of hydrogen-bond acceptors (Lipinski definition) is 3. The van der Waals surface area contributed by atoms with Crippen LogP contribution in [0.3, 0.4) is 0 Å². The van der Waals surface area contributed by atoms with Gasteiger partial charge >= 0.3 is 5.97 Å². The van der Waals surface area contributed by atoms with Gasteiger partial charge in [-0.1, -0.05) is 105 Å². The summed E-state index contributed by atoms with van der Waals surface area (Å²) < 4.78 is 6.33. The molecule has 3 nitrogen and oxygen atoms in total. The van der Waals surface area contributed by atoms with Gasteiger partial charge in [-0.25, -0.2) is 0 Å². The number of esters is 1. The van der Waals surface area contributed by atoms with E-state index < -0.39 is 0 Å². The summed E-state index contributed by atoms with van der Waals surface area (Å²) in [7, 11) is 0. The van der Waals surface area contributed by atoms with Crippen LogP contribution in [0.25, 0.3) is 0 Å². The lowest BCUT2D eigenvalue weighted by Gasteiger charge is -2.60. The highest BCUT2D eigenvalue weighted by Gasteiger charge is 2.61. The molecule has 1 N–H and O–H groups in total. The van der Waals surface area contributed by atoms with Crippen molar-refractivity contribution in [3.8, 4) is 0 Å². The first kappa shape index (κ1) is 31.1. The molecule has 0 saturated heterocycles. The summed E-state index contributed by atoms with van der Waals surface area (Å²) >= 11 is 0. The van der Waals surface area contributed by atoms with E-state index in [1.54, 1.807) is 0 Å². The van der Waals surface area contributed by atoms with Crippen LogP contribution in [0.2, 0.25) is 0 Å². The number of unbranched alkanes of at least 4 members (excludes halogenated alkanes) is 5. The number of fused-ring (bicyclic) bond motifs is 5. The third-order valence-electron chi connectivity index (χ3n) is 12.4. The molecule has 39 heavy (non-hydrogen) atoms. The van der Waals surface area contributed by atoms with E-state index in [2.05, 4.69) is 47.6 Å². The Labute approximate surface area is 241 Å². The molecule has 0 aromatic heterocycles. The molecule has 4 rings (SSSR count). The van der Waals surface area contributed by atoms with Crippen molar-refractivity contribution < 1.29 is 14.6 Å². The van der Waals surface area contributed by atoms with Gasteiger partial charge in [-0.2, -0.15) is 0 Å². The molecule has 0 aromatic carbocycles. The second-order valence-corrected chi connectivity index (χ2v) is 15.2. The smallest absolute Gasteiger partial charge is 0.306 e. The van der Waals surface area contributed by atoms with E-state index in [-0.39, 0.29) is 23.6 Å². The molecular formula is C36H62O3. The summed E-state index contributed by atoms with van der Waals surface area (Å²) in [6, 6.07) is 0. The van der Waals surface area contributed by atoms with Crippen LogP contribution < -0.4 is 0 Å². The molecule has 1 unspecified atom stereocenters. The van der Waals surface area contributed by atoms with Crippen LogP contribution in [-0.4, -0.2) is 23.3 Å². The number of aliphatic hydroxyl groups is 1. The van der Waals surface area contributed by atoms with Gasteiger partial charge in [-0.05, 0) is 85.9 Å². The first-order valence-electron chi connectivity index (χ1n) is 17.2. The SMILES string of the molecule is CCCCCCCCC(=O)OC1C[C@@H](O)CC2=CC[C@H]3[C@@H]4CC[C@H]([C@H](C)CCCC(C)C)[C@@]4(C)CC[C@@H]3[C@]21C. The Bertz CT molecular complexity index is 831. The highest BCUT2D eigenvalue weighted by molar-refractivity contribution is 5.69. The van der Waals surface area contributed by atoms with Gasteiger partial charge in [-0.3, -0.25) is 4.79 Å². The third-order valence-corrected chi connectivity index (χ3v) is 12.4. The Kier molecular flexibility index (Phi) is 10.7. The minimum atomic E-state index is -0.385. The highest BCUT2D eigenvalue weighted by atomic mass is 16.5. The van der Waals surface area contributed by atoms with Crippen LogP contribution in [-0.2, 0) is 9.53 Å². The summed E-state index contributed by atoms with van der Waals surface area (Å²) in [6.45, 7) is 14.6. The second-order valence-electron chi connectivity index (χ2n) is 15.2. The topological polar surface area (TPSA) is 46.5 Å². The van der Waals surface area contributed by atoms with E-state index >= 15 is 0 Å². The average molecular weight is 543 g/mol. The van der Waals surface area contributed by atoms with E-state index in [1.165, 1.54) is 76.2 Å². The van der Waals surface area contributed by atoms with Gasteiger partial charge in [0.1, 0.15) is 6.10 Å². The van der Waals surface area contributed by atoms with E-state index in [1.807, 2.05) is 0 Å². The van der Waals surface area contributed by atoms with Crippen LogP contribution in [0, 0.1) is 46.3 Å². The van der Waals surface area contributed by atoms with Gasteiger partial charge in [0.2, 0.25) is 0 Å². The largest absolute Gasteiger partial charge is 0.461 e. The molecule has 3 saturated carbocycles. The molecule has 4 aliphatic rings. The van der Waals surface area contributed by atoms with E-state index in [0.717, 1.165) is 49.4 Å². The number of hydrogen-bond donors (Lipinski definition) is 1. The van der Waals surface area contributed by atoms with Gasteiger partial charge in [0, 0.05) is 18.3 Å². The van der Waals surface area contributed by atoms with Gasteiger partial charge in [-0.15, -0.1) is 0 Å². The van der Waals surface area contributed by atoms with Crippen LogP contribution in [0.15, 0.2) is 11.6 Å². The molecule has 3 fully saturated rings. The minimum absolute atomic E-state index is 0.0379. The van der Waals surface area contributed by atoms with E-state index in [4.69, 9.17) is 4.74 Å². The predicted molar refractivity (Wildman–Crippen MR) is 162 cm³/mol. The molecule has 0 bridgehead atoms. The van der Waals surface area contributed by atoms with Crippen molar-refractivity contribution in [1.29, 1.82) is 0 Å². The molecule has 0 heterocycles. The maximum atomic E-state index is 13.0. The van der Waals surface area contributed by atoms with Crippen LogP contribution >= 0.6 is 0 Å². The molecule has 4 aliphatic carbocycles. The van der Waals surface area contributed by atoms with Gasteiger partial charge < -0.3 is 9.84 Å². The summed E-state index contributed by atoms with van der Waals surface area (Å²) in [6.07, 6.45) is 21.5. The van der Waals surface area contributed by atoms with Crippen molar-refractivity contribution in [2.75, 3.05) is 0 Å². The molecule has 224 valence electrons. The second kappa shape index (κ2) is 13.4. The number of allylic oxidation sites excluding steroid dienone is 1. The van der Waals surface area contributed by atoms with Crippen LogP contribution in [0.1, 0.15) is 151 Å². The van der Waals surface area contributed by atoms with Crippen LogP contribution in [0.4, 0.5) is 0 Å². The number of rotatable bonds is 13. The van der Waals surface area contributed by atoms with Crippen molar-refractivity contribution in [2.24, 2.45) is 46.3 Å². The summed E-state index contributed by atoms with van der Waals surface area (Å²) in [5.74, 6) is 4.50. The normalized spacial score (nSPS) is 38.5. The molecule has 0 aliphatic heterocycles. The maximum absolute atomic E-state index is 13.0. The summed E-state index contributed by atoms with van der Waals surface area (Å²) in [5, 5.41) is 10.8. The number of carbonyl (C=O) groups is 1. The fourth-order valence-electron chi connectivity index (χ4n) is 10.1. The first-order chi connectivity index (χ1) is 18.6. The zero-order valence-electron chi connectivity index (χ0n) is 26.5. The lowest BCUT2D eigenvalue weighted by Crippen LogP contribution is -2.56. The van der Waals surface area contributed by atoms with Gasteiger partial charge in [0.15, 0.2) is 0 Å². The fraction of sp³-hybridized carbons (Fsp3) is 0.917. The Balaban J connectivity index is 1.43. The lowest BCUT2D eigenvalue weighted by molar-refractivity contribution is -0.169. The zero-order chi connectivity index (χ0) is 28.2. The van der Waals surface area contributed by atoms with E-state index in [9.17, 15) is 9.90 Å². The van der Waals surface area contributed by atoms with Crippen molar-refractivity contribution in [3.63, 3.8) is 0 Å². The molecule has 3 heteroatoms. The Hall–Kier alpha value is -0.830. The molecule has 0 spiro atoms. The Morgan fingerprint density at radius 1 is 1.00 bits per heavy atom. The maximum Gasteiger partial charge on any atom is 0.306 e. The molecule has 9 atom stereocenters. The van der Waals surface area contributed by atoms with Gasteiger partial charge in [0.05, 0.1) is 6.10 Å². The van der Waals surface area contributed by atoms with Crippen LogP contribution in [0.5, 0.6) is 0 Å². The minimum Gasteiger partial charge on any atom is -0.461 e. The monoisotopic (exact) mass is 542 g/mol. The predicted octanol–water partition coefficient (Wildman–Crippen LogP) is 9.66. The van der Waals surface area contributed by atoms with Crippen molar-refractivity contribution in [2.45, 2.75) is 163 Å². The highest BCUT2D eigenvalue weighted by Crippen LogP contribution is 2.67. The average Bonchev–Trinajstić information content (AvgIpc) is 3.24. The summed E-state index contributed by atoms with van der Waals surface area (Å²) in [5.41, 5.74) is 1.74. The van der Waals surface area contributed by atoms with Crippen molar-refractivity contribution in [1.82, 2.24) is 0 Å². The molecule has 0 amide bonds. The van der Waals surface area contributed by atoms with Crippen molar-refractivity contribution >= 4 is 5.97 Å². The molecule has 0 aromatic rings. The quantitative estimate of drug-likeness (QED) is 0.143. The third kappa shape index (κ3) is 6.65. The standard InChI is InChI=1S/C36H62O3/c1-7-8-9-10-11-12-16-34(38)39-33-24-28(37)23-27-17-18-29-31-20-19-30(26(4)15-13-14-25(2)3)35(31,5)22-21-32(29)36(27,33)6/h17,25-26,28-33,37H,7-16,18-24H2,1-6H3/t26-,28+,29+,30-,31+,32+,33?,35-,36+/m1/s1. The zero-order valence-corrected chi connectivity index (χ0v) is 26.5. The lowest BCUT2D eigenvalue weighted by atomic mass is 9.46. The molecular weight excluding hydrogens is 480 g/mol. The first-order valence-corrected chi connectivity index (χ1v) is 17.2. The Morgan fingerprint density at radius 3 is 2.49 bits per heavy atom.